The number of rotatable bonds is 8. The molecule has 1 aromatic heterocycles. The molecule has 0 spiro atoms. The number of thiazole rings is 1. The summed E-state index contributed by atoms with van der Waals surface area (Å²) in [7, 11) is 2.23. The predicted octanol–water partition coefficient (Wildman–Crippen LogP) is 3.04. The molecule has 138 valence electrons. The van der Waals surface area contributed by atoms with Crippen LogP contribution in [-0.4, -0.2) is 55.1 Å². The van der Waals surface area contributed by atoms with E-state index in [0.29, 0.717) is 0 Å². The predicted molar refractivity (Wildman–Crippen MR) is 115 cm³/mol. The molecule has 7 heteroatoms. The Morgan fingerprint density at radius 3 is 2.75 bits per heavy atom. The Morgan fingerprint density at radius 2 is 2.12 bits per heavy atom. The van der Waals surface area contributed by atoms with E-state index in [1.165, 1.54) is 35.6 Å². The molecule has 1 aromatic rings. The van der Waals surface area contributed by atoms with Gasteiger partial charge in [0.1, 0.15) is 0 Å². The average molecular weight is 465 g/mol. The Balaban J connectivity index is 0.00000288. The van der Waals surface area contributed by atoms with Gasteiger partial charge in [0.05, 0.1) is 11.6 Å². The van der Waals surface area contributed by atoms with E-state index in [2.05, 4.69) is 41.4 Å². The van der Waals surface area contributed by atoms with Gasteiger partial charge in [-0.3, -0.25) is 4.99 Å². The van der Waals surface area contributed by atoms with E-state index in [-0.39, 0.29) is 24.0 Å². The quantitative estimate of drug-likeness (QED) is 0.352. The van der Waals surface area contributed by atoms with Crippen LogP contribution in [0, 0.1) is 6.92 Å². The van der Waals surface area contributed by atoms with Gasteiger partial charge in [-0.2, -0.15) is 0 Å². The molecule has 2 rings (SSSR count). The first-order valence-corrected chi connectivity index (χ1v) is 9.64. The van der Waals surface area contributed by atoms with Crippen LogP contribution in [0.2, 0.25) is 0 Å². The second-order valence-corrected chi connectivity index (χ2v) is 7.54. The van der Waals surface area contributed by atoms with E-state index in [0.717, 1.165) is 44.6 Å². The fourth-order valence-electron chi connectivity index (χ4n) is 2.99. The lowest BCUT2D eigenvalue weighted by Gasteiger charge is -2.23. The number of nitrogens with zero attached hydrogens (tertiary/aromatic N) is 3. The van der Waals surface area contributed by atoms with Crippen molar-refractivity contribution < 1.29 is 0 Å². The second-order valence-electron chi connectivity index (χ2n) is 6.22. The first kappa shape index (κ1) is 21.6. The number of hydrogen-bond donors (Lipinski definition) is 2. The summed E-state index contributed by atoms with van der Waals surface area (Å²) in [4.78, 5) is 12.8. The van der Waals surface area contributed by atoms with Crippen LogP contribution in [-0.2, 0) is 6.42 Å². The highest BCUT2D eigenvalue weighted by atomic mass is 127. The zero-order chi connectivity index (χ0) is 16.5. The fourth-order valence-corrected chi connectivity index (χ4v) is 3.78. The Bertz CT molecular complexity index is 485. The van der Waals surface area contributed by atoms with Crippen LogP contribution in [0.25, 0.3) is 0 Å². The lowest BCUT2D eigenvalue weighted by atomic mass is 10.2. The molecule has 1 aliphatic carbocycles. The zero-order valence-electron chi connectivity index (χ0n) is 15.2. The number of aliphatic imine (C=N–C) groups is 1. The highest BCUT2D eigenvalue weighted by molar-refractivity contribution is 14.0. The van der Waals surface area contributed by atoms with E-state index in [9.17, 15) is 0 Å². The first-order chi connectivity index (χ1) is 11.2. The van der Waals surface area contributed by atoms with Gasteiger partial charge < -0.3 is 15.5 Å². The van der Waals surface area contributed by atoms with Crippen LogP contribution in [0.3, 0.4) is 0 Å². The topological polar surface area (TPSA) is 52.6 Å². The lowest BCUT2D eigenvalue weighted by Crippen LogP contribution is -2.39. The van der Waals surface area contributed by atoms with Crippen LogP contribution in [0.1, 0.15) is 42.5 Å². The maximum absolute atomic E-state index is 4.70. The van der Waals surface area contributed by atoms with Gasteiger partial charge in [-0.25, -0.2) is 4.98 Å². The van der Waals surface area contributed by atoms with Gasteiger partial charge in [-0.1, -0.05) is 12.8 Å². The molecule has 2 N–H and O–H groups in total. The second kappa shape index (κ2) is 12.0. The maximum Gasteiger partial charge on any atom is 0.191 e. The van der Waals surface area contributed by atoms with Crippen molar-refractivity contribution in [1.82, 2.24) is 20.5 Å². The SMILES string of the molecule is CCNC(=NCCN(C)C1CCCC1)NCCc1ncc(C)s1.I. The number of nitrogens with one attached hydrogen (secondary N) is 2. The van der Waals surface area contributed by atoms with Crippen LogP contribution in [0.4, 0.5) is 0 Å². The summed E-state index contributed by atoms with van der Waals surface area (Å²) in [6, 6.07) is 0.772. The van der Waals surface area contributed by atoms with Gasteiger partial charge in [0.25, 0.3) is 0 Å². The number of halogens is 1. The van der Waals surface area contributed by atoms with Gasteiger partial charge in [0, 0.05) is 43.2 Å². The highest BCUT2D eigenvalue weighted by Crippen LogP contribution is 2.21. The number of guanidine groups is 1. The van der Waals surface area contributed by atoms with E-state index in [1.54, 1.807) is 11.3 Å². The molecule has 0 aliphatic heterocycles. The van der Waals surface area contributed by atoms with Crippen LogP contribution < -0.4 is 10.6 Å². The third-order valence-electron chi connectivity index (χ3n) is 4.32. The molecule has 24 heavy (non-hydrogen) atoms. The molecular formula is C17H32IN5S. The molecule has 0 bridgehead atoms. The fraction of sp³-hybridized carbons (Fsp3) is 0.765. The summed E-state index contributed by atoms with van der Waals surface area (Å²) in [5.74, 6) is 0.917. The van der Waals surface area contributed by atoms with Crippen molar-refractivity contribution in [3.05, 3.63) is 16.1 Å². The average Bonchev–Trinajstić information content (AvgIpc) is 3.19. The third-order valence-corrected chi connectivity index (χ3v) is 5.29. The summed E-state index contributed by atoms with van der Waals surface area (Å²) in [5, 5.41) is 7.92. The van der Waals surface area contributed by atoms with Crippen LogP contribution in [0.5, 0.6) is 0 Å². The van der Waals surface area contributed by atoms with E-state index >= 15 is 0 Å². The normalized spacial score (nSPS) is 15.6. The summed E-state index contributed by atoms with van der Waals surface area (Å²) in [5.41, 5.74) is 0. The van der Waals surface area contributed by atoms with Crippen molar-refractivity contribution in [3.8, 4) is 0 Å². The molecular weight excluding hydrogens is 433 g/mol. The van der Waals surface area contributed by atoms with Gasteiger partial charge >= 0.3 is 0 Å². The monoisotopic (exact) mass is 465 g/mol. The zero-order valence-corrected chi connectivity index (χ0v) is 18.3. The lowest BCUT2D eigenvalue weighted by molar-refractivity contribution is 0.252. The first-order valence-electron chi connectivity index (χ1n) is 8.82. The van der Waals surface area contributed by atoms with E-state index in [4.69, 9.17) is 4.99 Å². The molecule has 5 nitrogen and oxygen atoms in total. The smallest absolute Gasteiger partial charge is 0.191 e. The minimum Gasteiger partial charge on any atom is -0.357 e. The summed E-state index contributed by atoms with van der Waals surface area (Å²) in [6.07, 6.45) is 8.37. The number of likely N-dealkylation sites (N-methyl/N-ethyl adjacent to an activating group) is 1. The van der Waals surface area contributed by atoms with Crippen molar-refractivity contribution in [3.63, 3.8) is 0 Å². The minimum atomic E-state index is 0. The van der Waals surface area contributed by atoms with Crippen molar-refractivity contribution in [2.45, 2.75) is 52.0 Å². The number of aromatic nitrogens is 1. The minimum absolute atomic E-state index is 0. The number of aryl methyl sites for hydroxylation is 1. The van der Waals surface area contributed by atoms with Crippen LogP contribution in [0.15, 0.2) is 11.2 Å². The van der Waals surface area contributed by atoms with Crippen molar-refractivity contribution >= 4 is 41.3 Å². The summed E-state index contributed by atoms with van der Waals surface area (Å²) >= 11 is 1.77. The van der Waals surface area contributed by atoms with Gasteiger partial charge in [-0.05, 0) is 33.7 Å². The Labute approximate surface area is 167 Å². The summed E-state index contributed by atoms with van der Waals surface area (Å²) in [6.45, 7) is 7.84. The standard InChI is InChI=1S/C17H31N5S.HI/c1-4-18-17(19-10-9-16-21-13-14(2)23-16)20-11-12-22(3)15-7-5-6-8-15;/h13,15H,4-12H2,1-3H3,(H2,18,19,20);1H. The van der Waals surface area contributed by atoms with E-state index in [1.807, 2.05) is 6.20 Å². The molecule has 1 heterocycles. The van der Waals surface area contributed by atoms with Gasteiger partial charge in [0.15, 0.2) is 5.96 Å². The van der Waals surface area contributed by atoms with Crippen LogP contribution >= 0.6 is 35.3 Å². The Hall–Kier alpha value is -0.410. The third kappa shape index (κ3) is 7.65. The molecule has 1 saturated carbocycles. The Kier molecular flexibility index (Phi) is 10.8. The van der Waals surface area contributed by atoms with E-state index < -0.39 is 0 Å². The van der Waals surface area contributed by atoms with Gasteiger partial charge in [-0.15, -0.1) is 35.3 Å². The molecule has 0 amide bonds. The van der Waals surface area contributed by atoms with Crippen molar-refractivity contribution in [2.75, 3.05) is 33.2 Å². The molecule has 0 saturated heterocycles. The Morgan fingerprint density at radius 1 is 1.38 bits per heavy atom. The van der Waals surface area contributed by atoms with Crippen molar-refractivity contribution in [2.24, 2.45) is 4.99 Å². The highest BCUT2D eigenvalue weighted by Gasteiger charge is 2.18. The van der Waals surface area contributed by atoms with Gasteiger partial charge in [0.2, 0.25) is 0 Å². The van der Waals surface area contributed by atoms with Crippen molar-refractivity contribution in [1.29, 1.82) is 0 Å². The maximum atomic E-state index is 4.70. The molecule has 0 atom stereocenters. The molecule has 0 radical (unpaired) electrons. The molecule has 0 aromatic carbocycles. The molecule has 0 unspecified atom stereocenters. The number of hydrogen-bond acceptors (Lipinski definition) is 4. The molecule has 1 aliphatic rings. The largest absolute Gasteiger partial charge is 0.357 e. The summed E-state index contributed by atoms with van der Waals surface area (Å²) < 4.78 is 0. The molecule has 1 fully saturated rings.